The van der Waals surface area contributed by atoms with Gasteiger partial charge in [-0.05, 0) is 65.3 Å². The highest BCUT2D eigenvalue weighted by Gasteiger charge is 2.16. The quantitative estimate of drug-likeness (QED) is 0.448. The number of rotatable bonds is 11. The lowest BCUT2D eigenvalue weighted by atomic mass is 9.96. The van der Waals surface area contributed by atoms with Crippen molar-refractivity contribution in [3.8, 4) is 5.75 Å². The maximum absolute atomic E-state index is 10.4. The first-order chi connectivity index (χ1) is 14.5. The summed E-state index contributed by atoms with van der Waals surface area (Å²) in [4.78, 5) is 0. The molecule has 0 atom stereocenters. The highest BCUT2D eigenvalue weighted by molar-refractivity contribution is 5.67. The van der Waals surface area contributed by atoms with Gasteiger partial charge in [-0.25, -0.2) is 0 Å². The Labute approximate surface area is 180 Å². The van der Waals surface area contributed by atoms with Crippen molar-refractivity contribution in [1.82, 2.24) is 0 Å². The van der Waals surface area contributed by atoms with Gasteiger partial charge in [0, 0.05) is 0 Å². The number of aliphatic hydroxyl groups is 3. The van der Waals surface area contributed by atoms with Gasteiger partial charge in [0.25, 0.3) is 0 Å². The predicted octanol–water partition coefficient (Wildman–Crippen LogP) is 5.15. The maximum atomic E-state index is 10.4. The molecule has 3 N–H and O–H groups in total. The van der Waals surface area contributed by atoms with Gasteiger partial charge in [0.1, 0.15) is 12.4 Å². The minimum atomic E-state index is -0.746. The third kappa shape index (κ3) is 6.56. The van der Waals surface area contributed by atoms with E-state index < -0.39 is 5.60 Å². The molecule has 2 aromatic carbocycles. The molecule has 0 aliphatic carbocycles. The zero-order chi connectivity index (χ0) is 22.0. The normalized spacial score (nSPS) is 12.5. The second-order valence-corrected chi connectivity index (χ2v) is 7.45. The molecule has 0 amide bonds. The molecule has 0 radical (unpaired) electrons. The van der Waals surface area contributed by atoms with E-state index in [9.17, 15) is 15.3 Å². The Morgan fingerprint density at radius 3 is 2.33 bits per heavy atom. The molecule has 30 heavy (non-hydrogen) atoms. The Morgan fingerprint density at radius 2 is 1.70 bits per heavy atom. The van der Waals surface area contributed by atoms with Crippen molar-refractivity contribution in [3.05, 3.63) is 82.9 Å². The molecule has 4 nitrogen and oxygen atoms in total. The zero-order valence-electron chi connectivity index (χ0n) is 18.3. The van der Waals surface area contributed by atoms with Crippen molar-refractivity contribution in [2.45, 2.75) is 65.5 Å². The SMILES string of the molecule is CC/C(=C\C=C\C(O)(CC)CC)c1cccc(COc2ccc(CO)c(CO)c2)c1. The molecule has 0 heterocycles. The fourth-order valence-corrected chi connectivity index (χ4v) is 3.27. The lowest BCUT2D eigenvalue weighted by Gasteiger charge is -2.20. The standard InChI is InChI=1S/C26H34O4/c1-4-21(11-8-14-26(29,5-2)6-3)22-10-7-9-20(15-22)19-30-25-13-12-23(17-27)24(16-25)18-28/h7-16,27-29H,4-6,17-19H2,1-3H3/b14-8+,21-11+. The van der Waals surface area contributed by atoms with E-state index in [4.69, 9.17) is 4.74 Å². The van der Waals surface area contributed by atoms with Crippen LogP contribution < -0.4 is 4.74 Å². The molecule has 162 valence electrons. The van der Waals surface area contributed by atoms with Crippen LogP contribution in [0.2, 0.25) is 0 Å². The molecule has 0 aliphatic rings. The van der Waals surface area contributed by atoms with E-state index in [-0.39, 0.29) is 13.2 Å². The van der Waals surface area contributed by atoms with Crippen LogP contribution in [0.3, 0.4) is 0 Å². The maximum Gasteiger partial charge on any atom is 0.120 e. The fraction of sp³-hybridized carbons (Fsp3) is 0.385. The van der Waals surface area contributed by atoms with Crippen LogP contribution in [-0.2, 0) is 19.8 Å². The molecule has 0 bridgehead atoms. The van der Waals surface area contributed by atoms with E-state index in [1.807, 2.05) is 38.1 Å². The van der Waals surface area contributed by atoms with Gasteiger partial charge in [-0.15, -0.1) is 0 Å². The molecule has 0 fully saturated rings. The van der Waals surface area contributed by atoms with Gasteiger partial charge in [-0.1, -0.05) is 63.3 Å². The Morgan fingerprint density at radius 1 is 0.967 bits per heavy atom. The van der Waals surface area contributed by atoms with Gasteiger partial charge in [0.15, 0.2) is 0 Å². The molecule has 0 spiro atoms. The lowest BCUT2D eigenvalue weighted by molar-refractivity contribution is 0.0828. The number of hydrogen-bond acceptors (Lipinski definition) is 4. The molecule has 2 rings (SSSR count). The van der Waals surface area contributed by atoms with Crippen LogP contribution in [0, 0.1) is 0 Å². The van der Waals surface area contributed by atoms with Gasteiger partial charge < -0.3 is 20.1 Å². The Bertz CT molecular complexity index is 863. The topological polar surface area (TPSA) is 69.9 Å². The second kappa shape index (κ2) is 11.7. The average molecular weight is 411 g/mol. The lowest BCUT2D eigenvalue weighted by Crippen LogP contribution is -2.22. The summed E-state index contributed by atoms with van der Waals surface area (Å²) in [5.41, 5.74) is 4.00. The Balaban J connectivity index is 2.13. The first-order valence-electron chi connectivity index (χ1n) is 10.6. The summed E-state index contributed by atoms with van der Waals surface area (Å²) >= 11 is 0. The van der Waals surface area contributed by atoms with Crippen molar-refractivity contribution in [2.24, 2.45) is 0 Å². The highest BCUT2D eigenvalue weighted by atomic mass is 16.5. The smallest absolute Gasteiger partial charge is 0.120 e. The molecule has 0 aliphatic heterocycles. The van der Waals surface area contributed by atoms with Gasteiger partial charge in [-0.2, -0.15) is 0 Å². The van der Waals surface area contributed by atoms with Crippen LogP contribution in [0.4, 0.5) is 0 Å². The third-order valence-electron chi connectivity index (χ3n) is 5.53. The van der Waals surface area contributed by atoms with Crippen LogP contribution >= 0.6 is 0 Å². The Hall–Kier alpha value is -2.40. The summed E-state index contributed by atoms with van der Waals surface area (Å²) in [6, 6.07) is 13.6. The van der Waals surface area contributed by atoms with E-state index in [2.05, 4.69) is 25.1 Å². The van der Waals surface area contributed by atoms with Crippen molar-refractivity contribution < 1.29 is 20.1 Å². The second-order valence-electron chi connectivity index (χ2n) is 7.45. The molecule has 2 aromatic rings. The third-order valence-corrected chi connectivity index (χ3v) is 5.53. The van der Waals surface area contributed by atoms with Gasteiger partial charge in [-0.3, -0.25) is 0 Å². The highest BCUT2D eigenvalue weighted by Crippen LogP contribution is 2.23. The van der Waals surface area contributed by atoms with Gasteiger partial charge in [0.2, 0.25) is 0 Å². The van der Waals surface area contributed by atoms with Crippen LogP contribution in [0.15, 0.2) is 60.7 Å². The average Bonchev–Trinajstić information content (AvgIpc) is 2.80. The van der Waals surface area contributed by atoms with E-state index in [1.165, 1.54) is 5.57 Å². The molecule has 0 saturated heterocycles. The minimum absolute atomic E-state index is 0.104. The van der Waals surface area contributed by atoms with E-state index in [0.717, 1.165) is 17.5 Å². The summed E-state index contributed by atoms with van der Waals surface area (Å²) in [5, 5.41) is 29.2. The summed E-state index contributed by atoms with van der Waals surface area (Å²) < 4.78 is 5.90. The van der Waals surface area contributed by atoms with E-state index >= 15 is 0 Å². The zero-order valence-corrected chi connectivity index (χ0v) is 18.3. The van der Waals surface area contributed by atoms with Gasteiger partial charge in [0.05, 0.1) is 18.8 Å². The molecular formula is C26H34O4. The molecular weight excluding hydrogens is 376 g/mol. The van der Waals surface area contributed by atoms with Crippen molar-refractivity contribution in [3.63, 3.8) is 0 Å². The Kier molecular flexibility index (Phi) is 9.31. The monoisotopic (exact) mass is 410 g/mol. The predicted molar refractivity (Wildman–Crippen MR) is 122 cm³/mol. The number of allylic oxidation sites excluding steroid dienone is 3. The number of aliphatic hydroxyl groups excluding tert-OH is 2. The van der Waals surface area contributed by atoms with Crippen LogP contribution in [0.1, 0.15) is 62.3 Å². The molecule has 0 aromatic heterocycles. The van der Waals surface area contributed by atoms with Crippen molar-refractivity contribution in [2.75, 3.05) is 0 Å². The van der Waals surface area contributed by atoms with Crippen molar-refractivity contribution >= 4 is 5.57 Å². The number of benzene rings is 2. The summed E-state index contributed by atoms with van der Waals surface area (Å²) in [7, 11) is 0. The molecule has 0 unspecified atom stereocenters. The first kappa shape index (κ1) is 23.9. The summed E-state index contributed by atoms with van der Waals surface area (Å²) in [6.07, 6.45) is 8.17. The van der Waals surface area contributed by atoms with E-state index in [0.29, 0.717) is 36.3 Å². The van der Waals surface area contributed by atoms with Crippen LogP contribution in [-0.4, -0.2) is 20.9 Å². The largest absolute Gasteiger partial charge is 0.489 e. The summed E-state index contributed by atoms with van der Waals surface area (Å²) in [6.45, 7) is 6.27. The van der Waals surface area contributed by atoms with Crippen LogP contribution in [0.5, 0.6) is 5.75 Å². The molecule has 0 saturated carbocycles. The van der Waals surface area contributed by atoms with Crippen LogP contribution in [0.25, 0.3) is 5.57 Å². The van der Waals surface area contributed by atoms with E-state index in [1.54, 1.807) is 18.2 Å². The summed E-state index contributed by atoms with van der Waals surface area (Å²) in [5.74, 6) is 0.661. The van der Waals surface area contributed by atoms with Crippen molar-refractivity contribution in [1.29, 1.82) is 0 Å². The number of hydrogen-bond donors (Lipinski definition) is 3. The van der Waals surface area contributed by atoms with Gasteiger partial charge >= 0.3 is 0 Å². The minimum Gasteiger partial charge on any atom is -0.489 e. The first-order valence-corrected chi connectivity index (χ1v) is 10.6. The number of ether oxygens (including phenoxy) is 1. The molecule has 4 heteroatoms. The fourth-order valence-electron chi connectivity index (χ4n) is 3.27.